The molecule has 2 atom stereocenters. The summed E-state index contributed by atoms with van der Waals surface area (Å²) in [5.74, 6) is 3.24. The van der Waals surface area contributed by atoms with Crippen LogP contribution >= 0.6 is 0 Å². The minimum absolute atomic E-state index is 0.0683. The van der Waals surface area contributed by atoms with Crippen molar-refractivity contribution in [2.75, 3.05) is 0 Å². The maximum atomic E-state index is 6.28. The zero-order chi connectivity index (χ0) is 28.3. The van der Waals surface area contributed by atoms with Gasteiger partial charge in [-0.2, -0.15) is 0 Å². The van der Waals surface area contributed by atoms with E-state index < -0.39 is 5.41 Å². The zero-order valence-electron chi connectivity index (χ0n) is 23.6. The van der Waals surface area contributed by atoms with Crippen LogP contribution < -0.4 is 0 Å². The molecule has 0 amide bonds. The fourth-order valence-corrected chi connectivity index (χ4v) is 7.39. The lowest BCUT2D eigenvalue weighted by Gasteiger charge is -2.25. The van der Waals surface area contributed by atoms with E-state index in [0.29, 0.717) is 0 Å². The van der Waals surface area contributed by atoms with Crippen molar-refractivity contribution in [1.82, 2.24) is 0 Å². The summed E-state index contributed by atoms with van der Waals surface area (Å²) in [6, 6.07) is 51.2. The molecule has 0 N–H and O–H groups in total. The van der Waals surface area contributed by atoms with Crippen LogP contribution in [0.15, 0.2) is 140 Å². The van der Waals surface area contributed by atoms with E-state index in [-0.39, 0.29) is 5.92 Å². The number of terminal acetylenes is 1. The standard InChI is InChI=1S/C42H30/c1-3-42(2)38-21-13-12-20-35(38)36-23-22-31(27-39(36)42)40(29-16-8-5-9-17-29)33-25-32-24-30-18-10-11-19-34(30)41(32)37(26-33)28-14-6-4-7-15-28/h1,4-23,25-27,40H,24H2,2H3. The van der Waals surface area contributed by atoms with Gasteiger partial charge in [0.05, 0.1) is 5.41 Å². The zero-order valence-corrected chi connectivity index (χ0v) is 23.6. The maximum absolute atomic E-state index is 6.28. The van der Waals surface area contributed by atoms with Crippen LogP contribution in [0.3, 0.4) is 0 Å². The second-order valence-electron chi connectivity index (χ2n) is 11.8. The van der Waals surface area contributed by atoms with Gasteiger partial charge in [0.2, 0.25) is 0 Å². The van der Waals surface area contributed by atoms with Crippen molar-refractivity contribution in [2.24, 2.45) is 0 Å². The van der Waals surface area contributed by atoms with Crippen molar-refractivity contribution in [1.29, 1.82) is 0 Å². The molecule has 0 aliphatic heterocycles. The Morgan fingerprint density at radius 2 is 1.21 bits per heavy atom. The Morgan fingerprint density at radius 3 is 2.00 bits per heavy atom. The van der Waals surface area contributed by atoms with Crippen molar-refractivity contribution in [3.63, 3.8) is 0 Å². The topological polar surface area (TPSA) is 0 Å². The van der Waals surface area contributed by atoms with Gasteiger partial charge < -0.3 is 0 Å². The van der Waals surface area contributed by atoms with Crippen molar-refractivity contribution >= 4 is 0 Å². The lowest BCUT2D eigenvalue weighted by Crippen LogP contribution is -2.18. The fourth-order valence-electron chi connectivity index (χ4n) is 7.39. The Balaban J connectivity index is 1.37. The molecule has 2 unspecified atom stereocenters. The highest BCUT2D eigenvalue weighted by Crippen LogP contribution is 2.51. The van der Waals surface area contributed by atoms with Crippen molar-refractivity contribution in [2.45, 2.75) is 24.7 Å². The largest absolute Gasteiger partial charge is 0.119 e. The van der Waals surface area contributed by atoms with Crippen molar-refractivity contribution in [3.05, 3.63) is 178 Å². The van der Waals surface area contributed by atoms with Crippen LogP contribution in [0.2, 0.25) is 0 Å². The molecule has 0 radical (unpaired) electrons. The minimum Gasteiger partial charge on any atom is -0.119 e. The molecule has 0 saturated heterocycles. The third kappa shape index (κ3) is 3.64. The van der Waals surface area contributed by atoms with Gasteiger partial charge in [0.15, 0.2) is 0 Å². The second-order valence-corrected chi connectivity index (χ2v) is 11.8. The third-order valence-electron chi connectivity index (χ3n) is 9.42. The molecule has 0 aromatic heterocycles. The quantitative estimate of drug-likeness (QED) is 0.156. The molecule has 0 heterocycles. The third-order valence-corrected chi connectivity index (χ3v) is 9.42. The SMILES string of the molecule is C#CC1(C)c2ccccc2-c2ccc(C(c3ccccc3)c3cc4c(c(-c5ccccc5)c3)-c3ccccc3C4)cc21. The van der Waals surface area contributed by atoms with E-state index in [0.717, 1.165) is 6.42 Å². The maximum Gasteiger partial charge on any atom is 0.0793 e. The van der Waals surface area contributed by atoms with E-state index in [1.54, 1.807) is 0 Å². The fraction of sp³-hybridized carbons (Fsp3) is 0.0952. The molecule has 0 heteroatoms. The first kappa shape index (κ1) is 24.7. The smallest absolute Gasteiger partial charge is 0.0793 e. The van der Waals surface area contributed by atoms with Crippen molar-refractivity contribution in [3.8, 4) is 45.7 Å². The van der Waals surface area contributed by atoms with E-state index in [1.807, 2.05) is 0 Å². The summed E-state index contributed by atoms with van der Waals surface area (Å²) in [6.07, 6.45) is 7.24. The van der Waals surface area contributed by atoms with Crippen LogP contribution in [-0.4, -0.2) is 0 Å². The molecule has 6 aromatic rings. The normalized spacial score (nSPS) is 16.6. The molecule has 6 aromatic carbocycles. The number of fused-ring (bicyclic) bond motifs is 6. The minimum atomic E-state index is -0.460. The molecule has 0 spiro atoms. The molecule has 198 valence electrons. The van der Waals surface area contributed by atoms with E-state index in [1.165, 1.54) is 72.3 Å². The van der Waals surface area contributed by atoms with E-state index >= 15 is 0 Å². The van der Waals surface area contributed by atoms with E-state index in [9.17, 15) is 0 Å². The Hall–Kier alpha value is -5.12. The highest BCUT2D eigenvalue weighted by molar-refractivity contribution is 5.91. The second kappa shape index (κ2) is 9.47. The molecule has 0 nitrogen and oxygen atoms in total. The van der Waals surface area contributed by atoms with Crippen LogP contribution in [0.1, 0.15) is 51.8 Å². The summed E-state index contributed by atoms with van der Waals surface area (Å²) in [5, 5.41) is 0. The molecular formula is C42H30. The van der Waals surface area contributed by atoms with E-state index in [4.69, 9.17) is 6.42 Å². The Bertz CT molecular complexity index is 2020. The molecular weight excluding hydrogens is 504 g/mol. The van der Waals surface area contributed by atoms with Gasteiger partial charge >= 0.3 is 0 Å². The Labute approximate surface area is 248 Å². The predicted octanol–water partition coefficient (Wildman–Crippen LogP) is 10.0. The van der Waals surface area contributed by atoms with E-state index in [2.05, 4.69) is 152 Å². The highest BCUT2D eigenvalue weighted by Gasteiger charge is 2.38. The summed E-state index contributed by atoms with van der Waals surface area (Å²) >= 11 is 0. The van der Waals surface area contributed by atoms with Gasteiger partial charge in [-0.3, -0.25) is 0 Å². The van der Waals surface area contributed by atoms with Crippen LogP contribution in [0.5, 0.6) is 0 Å². The number of rotatable bonds is 4. The summed E-state index contributed by atoms with van der Waals surface area (Å²) < 4.78 is 0. The van der Waals surface area contributed by atoms with Crippen LogP contribution in [0, 0.1) is 12.3 Å². The summed E-state index contributed by atoms with van der Waals surface area (Å²) in [4.78, 5) is 0. The van der Waals surface area contributed by atoms with Crippen LogP contribution in [-0.2, 0) is 11.8 Å². The lowest BCUT2D eigenvalue weighted by atomic mass is 9.77. The van der Waals surface area contributed by atoms with Gasteiger partial charge in [-0.25, -0.2) is 0 Å². The number of benzene rings is 6. The number of hydrogen-bond donors (Lipinski definition) is 0. The lowest BCUT2D eigenvalue weighted by molar-refractivity contribution is 0.776. The first-order valence-corrected chi connectivity index (χ1v) is 14.7. The Kier molecular flexibility index (Phi) is 5.56. The average Bonchev–Trinajstić information content (AvgIpc) is 3.55. The molecule has 0 fully saturated rings. The van der Waals surface area contributed by atoms with Crippen LogP contribution in [0.4, 0.5) is 0 Å². The molecule has 8 rings (SSSR count). The number of hydrogen-bond acceptors (Lipinski definition) is 0. The Morgan fingerprint density at radius 1 is 0.548 bits per heavy atom. The van der Waals surface area contributed by atoms with Crippen molar-refractivity contribution < 1.29 is 0 Å². The molecule has 2 aliphatic carbocycles. The predicted molar refractivity (Wildman–Crippen MR) is 175 cm³/mol. The van der Waals surface area contributed by atoms with Gasteiger partial charge in [0, 0.05) is 5.92 Å². The monoisotopic (exact) mass is 534 g/mol. The van der Waals surface area contributed by atoms with Crippen LogP contribution in [0.25, 0.3) is 33.4 Å². The average molecular weight is 535 g/mol. The van der Waals surface area contributed by atoms with Gasteiger partial charge in [-0.15, -0.1) is 6.42 Å². The van der Waals surface area contributed by atoms with Gasteiger partial charge in [0.1, 0.15) is 0 Å². The van der Waals surface area contributed by atoms with Gasteiger partial charge in [-0.05, 0) is 91.7 Å². The van der Waals surface area contributed by atoms with Gasteiger partial charge in [-0.1, -0.05) is 139 Å². The first-order chi connectivity index (χ1) is 20.7. The molecule has 0 bridgehead atoms. The summed E-state index contributed by atoms with van der Waals surface area (Å²) in [5.41, 5.74) is 16.4. The molecule has 2 aliphatic rings. The van der Waals surface area contributed by atoms with Gasteiger partial charge in [0.25, 0.3) is 0 Å². The summed E-state index contributed by atoms with van der Waals surface area (Å²) in [6.45, 7) is 2.19. The first-order valence-electron chi connectivity index (χ1n) is 14.7. The summed E-state index contributed by atoms with van der Waals surface area (Å²) in [7, 11) is 0. The molecule has 0 saturated carbocycles. The molecule has 42 heavy (non-hydrogen) atoms. The highest BCUT2D eigenvalue weighted by atomic mass is 14.4.